The molecule has 31 heavy (non-hydrogen) atoms. The predicted octanol–water partition coefficient (Wildman–Crippen LogP) is 3.04. The fourth-order valence-electron chi connectivity index (χ4n) is 4.24. The van der Waals surface area contributed by atoms with Crippen LogP contribution < -0.4 is 5.32 Å². The van der Waals surface area contributed by atoms with E-state index in [1.807, 2.05) is 0 Å². The Hall–Kier alpha value is -3.23. The van der Waals surface area contributed by atoms with Crippen LogP contribution >= 0.6 is 0 Å². The first kappa shape index (κ1) is 22.5. The maximum Gasteiger partial charge on any atom is 0.408 e. The van der Waals surface area contributed by atoms with Crippen LogP contribution in [0.1, 0.15) is 18.4 Å². The number of carbonyl (C=O) groups is 3. The molecule has 2 aliphatic carbocycles. The van der Waals surface area contributed by atoms with Crippen LogP contribution in [0.15, 0.2) is 43.5 Å². The van der Waals surface area contributed by atoms with E-state index in [9.17, 15) is 23.2 Å². The van der Waals surface area contributed by atoms with Crippen molar-refractivity contribution < 1.29 is 37.4 Å². The smallest absolute Gasteiger partial charge is 0.408 e. The van der Waals surface area contributed by atoms with Crippen LogP contribution in [0.25, 0.3) is 0 Å². The van der Waals surface area contributed by atoms with E-state index in [4.69, 9.17) is 14.2 Å². The van der Waals surface area contributed by atoms with Gasteiger partial charge in [-0.05, 0) is 37.0 Å². The van der Waals surface area contributed by atoms with Crippen LogP contribution in [0.5, 0.6) is 0 Å². The number of carbonyl (C=O) groups excluding carboxylic acids is 3. The molecule has 7 nitrogen and oxygen atoms in total. The van der Waals surface area contributed by atoms with Crippen LogP contribution in [0.3, 0.4) is 0 Å². The molecular formula is C22H23F2NO6. The van der Waals surface area contributed by atoms with Gasteiger partial charge < -0.3 is 19.5 Å². The highest BCUT2D eigenvalue weighted by Gasteiger charge is 2.72. The predicted molar refractivity (Wildman–Crippen MR) is 104 cm³/mol. The highest BCUT2D eigenvalue weighted by atomic mass is 19.1. The van der Waals surface area contributed by atoms with Gasteiger partial charge in [0.1, 0.15) is 37.0 Å². The molecule has 2 saturated carbocycles. The summed E-state index contributed by atoms with van der Waals surface area (Å²) in [5.74, 6) is -4.07. The molecule has 1 amide bonds. The van der Waals surface area contributed by atoms with Crippen molar-refractivity contribution in [2.75, 3.05) is 13.2 Å². The maximum absolute atomic E-state index is 13.9. The molecule has 0 saturated heterocycles. The molecule has 0 radical (unpaired) electrons. The number of hydrogen-bond acceptors (Lipinski definition) is 6. The second kappa shape index (κ2) is 9.28. The summed E-state index contributed by atoms with van der Waals surface area (Å²) in [6.07, 6.45) is 2.60. The number of fused-ring (bicyclic) bond motifs is 1. The lowest BCUT2D eigenvalue weighted by atomic mass is 9.90. The normalized spacial score (nSPS) is 25.7. The largest absolute Gasteiger partial charge is 0.461 e. The summed E-state index contributed by atoms with van der Waals surface area (Å²) in [5, 5.41) is 2.54. The lowest BCUT2D eigenvalue weighted by molar-refractivity contribution is -0.155. The Labute approximate surface area is 178 Å². The third-order valence-corrected chi connectivity index (χ3v) is 5.61. The second-order valence-corrected chi connectivity index (χ2v) is 7.47. The first-order valence-electron chi connectivity index (χ1n) is 9.78. The molecule has 0 spiro atoms. The van der Waals surface area contributed by atoms with Crippen molar-refractivity contribution in [2.45, 2.75) is 25.0 Å². The van der Waals surface area contributed by atoms with Crippen LogP contribution in [-0.4, -0.2) is 36.8 Å². The fraction of sp³-hybridized carbons (Fsp3) is 0.409. The third-order valence-electron chi connectivity index (χ3n) is 5.61. The third kappa shape index (κ3) is 4.60. The average molecular weight is 435 g/mol. The summed E-state index contributed by atoms with van der Waals surface area (Å²) in [6, 6.07) is 2.80. The van der Waals surface area contributed by atoms with Gasteiger partial charge in [0.05, 0.1) is 5.92 Å². The molecule has 0 aliphatic heterocycles. The topological polar surface area (TPSA) is 90.9 Å². The Balaban J connectivity index is 1.78. The molecule has 1 N–H and O–H groups in total. The van der Waals surface area contributed by atoms with Crippen LogP contribution in [-0.2, 0) is 30.4 Å². The van der Waals surface area contributed by atoms with Gasteiger partial charge in [0, 0.05) is 11.5 Å². The van der Waals surface area contributed by atoms with E-state index in [2.05, 4.69) is 18.5 Å². The number of halogens is 2. The molecule has 0 unspecified atom stereocenters. The minimum absolute atomic E-state index is 0.0277. The Kier molecular flexibility index (Phi) is 6.72. The molecule has 0 bridgehead atoms. The van der Waals surface area contributed by atoms with Gasteiger partial charge in [0.25, 0.3) is 0 Å². The number of nitrogens with one attached hydrogen (secondary N) is 1. The summed E-state index contributed by atoms with van der Waals surface area (Å²) in [7, 11) is 0. The average Bonchev–Trinajstić information content (AvgIpc) is 3.38. The highest BCUT2D eigenvalue weighted by Crippen LogP contribution is 2.63. The van der Waals surface area contributed by atoms with Crippen molar-refractivity contribution in [2.24, 2.45) is 17.8 Å². The van der Waals surface area contributed by atoms with Gasteiger partial charge in [-0.25, -0.2) is 18.4 Å². The first-order chi connectivity index (χ1) is 14.8. The van der Waals surface area contributed by atoms with Crippen LogP contribution in [0.2, 0.25) is 0 Å². The number of hydrogen-bond donors (Lipinski definition) is 1. The standard InChI is InChI=1S/C22H23F2NO6/c1-3-9-29-19(26)17-15-7-8-22(18(15)17,25-21(28)30-10-4-2)20(27)31-12-13-11-14(23)5-6-16(13)24/h3-6,11,15,17-18H,1-2,7-10,12H2,(H,25,28)/t15-,17-,18-,22-/m0/s1. The van der Waals surface area contributed by atoms with Crippen molar-refractivity contribution in [1.29, 1.82) is 0 Å². The first-order valence-corrected chi connectivity index (χ1v) is 9.78. The van der Waals surface area contributed by atoms with Crippen molar-refractivity contribution in [3.05, 3.63) is 60.7 Å². The molecule has 0 heterocycles. The van der Waals surface area contributed by atoms with E-state index >= 15 is 0 Å². The van der Waals surface area contributed by atoms with Crippen LogP contribution in [0.4, 0.5) is 13.6 Å². The number of esters is 2. The quantitative estimate of drug-likeness (QED) is 0.364. The minimum Gasteiger partial charge on any atom is -0.461 e. The number of benzene rings is 1. The molecule has 9 heteroatoms. The minimum atomic E-state index is -1.54. The van der Waals surface area contributed by atoms with Gasteiger partial charge in [0.15, 0.2) is 0 Å². The van der Waals surface area contributed by atoms with Gasteiger partial charge in [-0.3, -0.25) is 4.79 Å². The zero-order valence-corrected chi connectivity index (χ0v) is 16.8. The molecule has 2 fully saturated rings. The summed E-state index contributed by atoms with van der Waals surface area (Å²) >= 11 is 0. The van der Waals surface area contributed by atoms with Gasteiger partial charge in [0.2, 0.25) is 0 Å². The van der Waals surface area contributed by atoms with Crippen molar-refractivity contribution in [3.63, 3.8) is 0 Å². The number of ether oxygens (including phenoxy) is 3. The molecule has 1 aromatic carbocycles. The molecule has 1 aromatic rings. The van der Waals surface area contributed by atoms with E-state index in [1.54, 1.807) is 0 Å². The van der Waals surface area contributed by atoms with E-state index in [1.165, 1.54) is 12.2 Å². The highest BCUT2D eigenvalue weighted by molar-refractivity contribution is 5.90. The lowest BCUT2D eigenvalue weighted by Crippen LogP contribution is -2.56. The summed E-state index contributed by atoms with van der Waals surface area (Å²) < 4.78 is 42.6. The summed E-state index contributed by atoms with van der Waals surface area (Å²) in [6.45, 7) is 6.35. The Morgan fingerprint density at radius 3 is 2.55 bits per heavy atom. The van der Waals surface area contributed by atoms with Gasteiger partial charge >= 0.3 is 18.0 Å². The number of alkyl carbamates (subject to hydrolysis) is 1. The fourth-order valence-corrected chi connectivity index (χ4v) is 4.24. The molecular weight excluding hydrogens is 412 g/mol. The molecule has 2 aliphatic rings. The number of rotatable bonds is 9. The van der Waals surface area contributed by atoms with Crippen molar-refractivity contribution in [3.8, 4) is 0 Å². The Morgan fingerprint density at radius 2 is 1.84 bits per heavy atom. The second-order valence-electron chi connectivity index (χ2n) is 7.47. The van der Waals surface area contributed by atoms with Crippen molar-refractivity contribution in [1.82, 2.24) is 5.32 Å². The molecule has 4 atom stereocenters. The van der Waals surface area contributed by atoms with Gasteiger partial charge in [-0.15, -0.1) is 0 Å². The SMILES string of the molecule is C=CCOC(=O)N[C@@]1(C(=O)OCc2cc(F)ccc2F)CC[C@H]2[C@H](C(=O)OCC=C)[C@H]21. The van der Waals surface area contributed by atoms with Gasteiger partial charge in [-0.2, -0.15) is 0 Å². The summed E-state index contributed by atoms with van der Waals surface area (Å²) in [4.78, 5) is 37.6. The molecule has 0 aromatic heterocycles. The Morgan fingerprint density at radius 1 is 1.13 bits per heavy atom. The zero-order chi connectivity index (χ0) is 22.6. The maximum atomic E-state index is 13.9. The zero-order valence-electron chi connectivity index (χ0n) is 16.8. The monoisotopic (exact) mass is 435 g/mol. The van der Waals surface area contributed by atoms with Crippen LogP contribution in [0, 0.1) is 29.4 Å². The lowest BCUT2D eigenvalue weighted by Gasteiger charge is -2.30. The molecule has 166 valence electrons. The number of amides is 1. The Bertz CT molecular complexity index is 904. The van der Waals surface area contributed by atoms with E-state index in [0.29, 0.717) is 6.42 Å². The molecule has 3 rings (SSSR count). The van der Waals surface area contributed by atoms with E-state index in [0.717, 1.165) is 18.2 Å². The summed E-state index contributed by atoms with van der Waals surface area (Å²) in [5.41, 5.74) is -1.69. The van der Waals surface area contributed by atoms with E-state index < -0.39 is 53.6 Å². The van der Waals surface area contributed by atoms with Gasteiger partial charge in [-0.1, -0.05) is 25.3 Å². The van der Waals surface area contributed by atoms with Crippen molar-refractivity contribution >= 4 is 18.0 Å². The van der Waals surface area contributed by atoms with E-state index in [-0.39, 0.29) is 31.1 Å².